The smallest absolute Gasteiger partial charge is 0.243 e. The number of carbonyl (C=O) groups excluding carboxylic acids is 1. The number of halogens is 1. The molecule has 1 aliphatic heterocycles. The lowest BCUT2D eigenvalue weighted by Gasteiger charge is -2.35. The molecule has 0 spiro atoms. The average Bonchev–Trinajstić information content (AvgIpc) is 2.58. The SMILES string of the molecule is CCCNC(=NCC(=O)N(C)C)NC1CCOC(C(CC)CC)C1.I. The lowest BCUT2D eigenvalue weighted by atomic mass is 9.89. The molecule has 0 aromatic heterocycles. The molecule has 2 unspecified atom stereocenters. The van der Waals surface area contributed by atoms with Crippen LogP contribution in [0.4, 0.5) is 0 Å². The summed E-state index contributed by atoms with van der Waals surface area (Å²) in [5.41, 5.74) is 0. The van der Waals surface area contributed by atoms with Crippen molar-refractivity contribution in [3.63, 3.8) is 0 Å². The summed E-state index contributed by atoms with van der Waals surface area (Å²) in [4.78, 5) is 17.8. The number of aliphatic imine (C=N–C) groups is 1. The number of amides is 1. The van der Waals surface area contributed by atoms with E-state index in [1.165, 1.54) is 0 Å². The second-order valence-corrected chi connectivity index (χ2v) is 6.73. The molecular formula is C18H37IN4O2. The van der Waals surface area contributed by atoms with Crippen LogP contribution < -0.4 is 10.6 Å². The molecule has 1 aliphatic rings. The van der Waals surface area contributed by atoms with E-state index in [1.54, 1.807) is 19.0 Å². The molecule has 2 N–H and O–H groups in total. The maximum Gasteiger partial charge on any atom is 0.243 e. The van der Waals surface area contributed by atoms with Crippen molar-refractivity contribution in [2.45, 2.75) is 65.0 Å². The zero-order valence-electron chi connectivity index (χ0n) is 16.5. The van der Waals surface area contributed by atoms with Crippen LogP contribution in [0, 0.1) is 5.92 Å². The van der Waals surface area contributed by atoms with E-state index in [-0.39, 0.29) is 36.4 Å². The Morgan fingerprint density at radius 3 is 2.52 bits per heavy atom. The van der Waals surface area contributed by atoms with Crippen molar-refractivity contribution in [3.8, 4) is 0 Å². The highest BCUT2D eigenvalue weighted by Gasteiger charge is 2.28. The Bertz CT molecular complexity index is 401. The predicted octanol–water partition coefficient (Wildman–Crippen LogP) is 2.62. The molecule has 0 radical (unpaired) electrons. The molecule has 25 heavy (non-hydrogen) atoms. The van der Waals surface area contributed by atoms with E-state index in [0.717, 1.165) is 51.2 Å². The maximum atomic E-state index is 11.8. The van der Waals surface area contributed by atoms with Gasteiger partial charge in [-0.3, -0.25) is 4.79 Å². The first-order valence-electron chi connectivity index (χ1n) is 9.38. The summed E-state index contributed by atoms with van der Waals surface area (Å²) >= 11 is 0. The van der Waals surface area contributed by atoms with Crippen LogP contribution in [0.1, 0.15) is 52.9 Å². The minimum Gasteiger partial charge on any atom is -0.378 e. The van der Waals surface area contributed by atoms with E-state index < -0.39 is 0 Å². The average molecular weight is 468 g/mol. The van der Waals surface area contributed by atoms with Crippen LogP contribution in [-0.2, 0) is 9.53 Å². The quantitative estimate of drug-likeness (QED) is 0.327. The van der Waals surface area contributed by atoms with Crippen molar-refractivity contribution in [3.05, 3.63) is 0 Å². The molecule has 7 heteroatoms. The molecule has 0 saturated carbocycles. The van der Waals surface area contributed by atoms with Gasteiger partial charge in [0.15, 0.2) is 5.96 Å². The molecule has 1 fully saturated rings. The molecule has 0 aromatic rings. The van der Waals surface area contributed by atoms with Crippen molar-refractivity contribution in [1.82, 2.24) is 15.5 Å². The Hall–Kier alpha value is -0.570. The maximum absolute atomic E-state index is 11.8. The lowest BCUT2D eigenvalue weighted by Crippen LogP contribution is -2.48. The summed E-state index contributed by atoms with van der Waals surface area (Å²) in [6, 6.07) is 0.349. The number of ether oxygens (including phenoxy) is 1. The van der Waals surface area contributed by atoms with E-state index in [4.69, 9.17) is 4.74 Å². The molecule has 1 saturated heterocycles. The minimum atomic E-state index is 0. The fourth-order valence-electron chi connectivity index (χ4n) is 2.98. The number of nitrogens with zero attached hydrogens (tertiary/aromatic N) is 2. The summed E-state index contributed by atoms with van der Waals surface area (Å²) in [6.07, 6.45) is 5.63. The molecule has 0 aromatic carbocycles. The van der Waals surface area contributed by atoms with Gasteiger partial charge in [0.1, 0.15) is 6.54 Å². The van der Waals surface area contributed by atoms with Crippen LogP contribution in [0.3, 0.4) is 0 Å². The van der Waals surface area contributed by atoms with Gasteiger partial charge in [0.25, 0.3) is 0 Å². The molecule has 0 bridgehead atoms. The third-order valence-corrected chi connectivity index (χ3v) is 4.64. The molecule has 148 valence electrons. The molecule has 1 rings (SSSR count). The van der Waals surface area contributed by atoms with Gasteiger partial charge in [-0.25, -0.2) is 4.99 Å². The predicted molar refractivity (Wildman–Crippen MR) is 115 cm³/mol. The number of hydrogen-bond acceptors (Lipinski definition) is 3. The summed E-state index contributed by atoms with van der Waals surface area (Å²) in [7, 11) is 3.51. The zero-order chi connectivity index (χ0) is 17.9. The topological polar surface area (TPSA) is 66.0 Å². The van der Waals surface area contributed by atoms with Gasteiger partial charge in [-0.1, -0.05) is 33.6 Å². The van der Waals surface area contributed by atoms with Crippen LogP contribution in [0.2, 0.25) is 0 Å². The highest BCUT2D eigenvalue weighted by molar-refractivity contribution is 14.0. The number of nitrogens with one attached hydrogen (secondary N) is 2. The molecule has 1 amide bonds. The minimum absolute atomic E-state index is 0. The van der Waals surface area contributed by atoms with Crippen molar-refractivity contribution in [2.24, 2.45) is 10.9 Å². The fraction of sp³-hybridized carbons (Fsp3) is 0.889. The van der Waals surface area contributed by atoms with Gasteiger partial charge in [0.2, 0.25) is 5.91 Å². The standard InChI is InChI=1S/C18H36N4O2.HI/c1-6-10-19-18(20-13-17(23)22(4)5)21-15-9-11-24-16(12-15)14(7-2)8-3;/h14-16H,6-13H2,1-5H3,(H2,19,20,21);1H. The molecule has 2 atom stereocenters. The molecule has 6 nitrogen and oxygen atoms in total. The third-order valence-electron chi connectivity index (χ3n) is 4.64. The summed E-state index contributed by atoms with van der Waals surface area (Å²) in [6.45, 7) is 8.39. The number of guanidine groups is 1. The summed E-state index contributed by atoms with van der Waals surface area (Å²) in [5, 5.41) is 6.82. The first-order chi connectivity index (χ1) is 11.5. The number of carbonyl (C=O) groups is 1. The fourth-order valence-corrected chi connectivity index (χ4v) is 2.98. The van der Waals surface area contributed by atoms with Crippen LogP contribution in [0.25, 0.3) is 0 Å². The first kappa shape index (κ1) is 24.4. The van der Waals surface area contributed by atoms with Crippen molar-refractivity contribution < 1.29 is 9.53 Å². The highest BCUT2D eigenvalue weighted by Crippen LogP contribution is 2.25. The Morgan fingerprint density at radius 2 is 1.96 bits per heavy atom. The van der Waals surface area contributed by atoms with Crippen molar-refractivity contribution in [2.75, 3.05) is 33.8 Å². The largest absolute Gasteiger partial charge is 0.378 e. The Balaban J connectivity index is 0.00000576. The van der Waals surface area contributed by atoms with E-state index in [1.807, 2.05) is 0 Å². The van der Waals surface area contributed by atoms with E-state index >= 15 is 0 Å². The monoisotopic (exact) mass is 468 g/mol. The normalized spacial score (nSPS) is 20.8. The van der Waals surface area contributed by atoms with Gasteiger partial charge in [-0.2, -0.15) is 0 Å². The van der Waals surface area contributed by atoms with Gasteiger partial charge >= 0.3 is 0 Å². The number of hydrogen-bond donors (Lipinski definition) is 2. The van der Waals surface area contributed by atoms with Gasteiger partial charge < -0.3 is 20.3 Å². The van der Waals surface area contributed by atoms with E-state index in [0.29, 0.717) is 18.1 Å². The number of rotatable bonds is 8. The van der Waals surface area contributed by atoms with Crippen LogP contribution in [-0.4, -0.2) is 62.7 Å². The van der Waals surface area contributed by atoms with Gasteiger partial charge in [0, 0.05) is 33.3 Å². The molecule has 1 heterocycles. The van der Waals surface area contributed by atoms with Crippen LogP contribution >= 0.6 is 24.0 Å². The van der Waals surface area contributed by atoms with Gasteiger partial charge in [-0.05, 0) is 25.2 Å². The summed E-state index contributed by atoms with van der Waals surface area (Å²) in [5.74, 6) is 1.37. The first-order valence-corrected chi connectivity index (χ1v) is 9.38. The van der Waals surface area contributed by atoms with Gasteiger partial charge in [-0.15, -0.1) is 24.0 Å². The van der Waals surface area contributed by atoms with Crippen LogP contribution in [0.15, 0.2) is 4.99 Å². The molecule has 0 aliphatic carbocycles. The zero-order valence-corrected chi connectivity index (χ0v) is 18.8. The van der Waals surface area contributed by atoms with E-state index in [2.05, 4.69) is 36.4 Å². The second kappa shape index (κ2) is 13.6. The van der Waals surface area contributed by atoms with Crippen molar-refractivity contribution in [1.29, 1.82) is 0 Å². The summed E-state index contributed by atoms with van der Waals surface area (Å²) < 4.78 is 5.98. The Kier molecular flexibility index (Phi) is 13.3. The Labute approximate surface area is 170 Å². The second-order valence-electron chi connectivity index (χ2n) is 6.73. The lowest BCUT2D eigenvalue weighted by molar-refractivity contribution is -0.127. The number of likely N-dealkylation sites (N-methyl/N-ethyl adjacent to an activating group) is 1. The van der Waals surface area contributed by atoms with Gasteiger partial charge in [0.05, 0.1) is 6.10 Å². The van der Waals surface area contributed by atoms with Crippen molar-refractivity contribution >= 4 is 35.8 Å². The van der Waals surface area contributed by atoms with E-state index in [9.17, 15) is 4.79 Å². The molecular weight excluding hydrogens is 431 g/mol. The highest BCUT2D eigenvalue weighted by atomic mass is 127. The Morgan fingerprint density at radius 1 is 1.28 bits per heavy atom. The third kappa shape index (κ3) is 9.08. The van der Waals surface area contributed by atoms with Crippen LogP contribution in [0.5, 0.6) is 0 Å².